The second kappa shape index (κ2) is 9.04. The number of benzene rings is 2. The molecule has 0 aliphatic heterocycles. The molecule has 0 aliphatic carbocycles. The van der Waals surface area contributed by atoms with E-state index in [-0.39, 0.29) is 12.3 Å². The molecule has 0 saturated heterocycles. The van der Waals surface area contributed by atoms with E-state index in [1.54, 1.807) is 14.0 Å². The van der Waals surface area contributed by atoms with Crippen molar-refractivity contribution < 1.29 is 19.1 Å². The topological polar surface area (TPSA) is 64.6 Å². The first-order valence-electron chi connectivity index (χ1n) is 8.56. The zero-order valence-electron chi connectivity index (χ0n) is 15.7. The number of hydrogen-bond donors (Lipinski definition) is 1. The molecule has 2 aromatic rings. The maximum absolute atomic E-state index is 12.2. The smallest absolute Gasteiger partial charge is 0.311 e. The highest BCUT2D eigenvalue weighted by atomic mass is 16.5. The van der Waals surface area contributed by atoms with Crippen LogP contribution in [0.15, 0.2) is 42.5 Å². The monoisotopic (exact) mass is 355 g/mol. The van der Waals surface area contributed by atoms with Gasteiger partial charge in [-0.2, -0.15) is 0 Å². The van der Waals surface area contributed by atoms with Crippen molar-refractivity contribution in [2.75, 3.05) is 7.11 Å². The summed E-state index contributed by atoms with van der Waals surface area (Å²) in [7, 11) is 1.58. The Kier molecular flexibility index (Phi) is 6.78. The van der Waals surface area contributed by atoms with Crippen LogP contribution in [0.25, 0.3) is 0 Å². The number of hydrogen-bond acceptors (Lipinski definition) is 4. The molecule has 26 heavy (non-hydrogen) atoms. The third kappa shape index (κ3) is 5.34. The number of nitrogens with one attached hydrogen (secondary N) is 1. The van der Waals surface area contributed by atoms with Crippen molar-refractivity contribution in [3.63, 3.8) is 0 Å². The molecule has 0 fully saturated rings. The van der Waals surface area contributed by atoms with Gasteiger partial charge < -0.3 is 14.8 Å². The highest BCUT2D eigenvalue weighted by Crippen LogP contribution is 2.16. The van der Waals surface area contributed by atoms with Crippen molar-refractivity contribution in [2.24, 2.45) is 0 Å². The van der Waals surface area contributed by atoms with Crippen LogP contribution >= 0.6 is 0 Å². The summed E-state index contributed by atoms with van der Waals surface area (Å²) in [5, 5.41) is 2.76. The van der Waals surface area contributed by atoms with Gasteiger partial charge in [-0.05, 0) is 43.5 Å². The van der Waals surface area contributed by atoms with Gasteiger partial charge in [-0.3, -0.25) is 9.59 Å². The van der Waals surface area contributed by atoms with Gasteiger partial charge in [-0.15, -0.1) is 0 Å². The predicted octanol–water partition coefficient (Wildman–Crippen LogP) is 3.10. The normalized spacial score (nSPS) is 11.5. The van der Waals surface area contributed by atoms with Crippen molar-refractivity contribution >= 4 is 11.9 Å². The minimum Gasteiger partial charge on any atom is -0.496 e. The summed E-state index contributed by atoms with van der Waals surface area (Å²) in [6, 6.07) is 13.3. The fourth-order valence-electron chi connectivity index (χ4n) is 2.55. The largest absolute Gasteiger partial charge is 0.496 e. The zero-order valence-corrected chi connectivity index (χ0v) is 15.7. The Morgan fingerprint density at radius 1 is 1.08 bits per heavy atom. The number of para-hydroxylation sites is 1. The van der Waals surface area contributed by atoms with E-state index in [1.807, 2.05) is 56.3 Å². The van der Waals surface area contributed by atoms with E-state index in [9.17, 15) is 9.59 Å². The van der Waals surface area contributed by atoms with E-state index in [1.165, 1.54) is 5.56 Å². The molecule has 0 aromatic heterocycles. The van der Waals surface area contributed by atoms with Crippen molar-refractivity contribution in [3.8, 4) is 5.75 Å². The first-order chi connectivity index (χ1) is 12.4. The fraction of sp³-hybridized carbons (Fsp3) is 0.333. The lowest BCUT2D eigenvalue weighted by Gasteiger charge is -2.15. The zero-order chi connectivity index (χ0) is 19.1. The van der Waals surface area contributed by atoms with E-state index in [2.05, 4.69) is 5.32 Å². The van der Waals surface area contributed by atoms with Gasteiger partial charge >= 0.3 is 5.97 Å². The van der Waals surface area contributed by atoms with Gasteiger partial charge in [-0.1, -0.05) is 36.4 Å². The third-order valence-corrected chi connectivity index (χ3v) is 4.24. The molecule has 0 radical (unpaired) electrons. The molecule has 1 N–H and O–H groups in total. The minimum absolute atomic E-state index is 0.144. The molecule has 0 heterocycles. The van der Waals surface area contributed by atoms with Crippen molar-refractivity contribution in [1.29, 1.82) is 0 Å². The lowest BCUT2D eigenvalue weighted by atomic mass is 10.0. The lowest BCUT2D eigenvalue weighted by molar-refractivity contribution is -0.154. The van der Waals surface area contributed by atoms with Crippen LogP contribution in [0.1, 0.15) is 29.2 Å². The number of aryl methyl sites for hydroxylation is 2. The Hall–Kier alpha value is -2.82. The van der Waals surface area contributed by atoms with Gasteiger partial charge in [-0.25, -0.2) is 0 Å². The van der Waals surface area contributed by atoms with Gasteiger partial charge in [0, 0.05) is 12.1 Å². The number of amides is 1. The number of esters is 1. The van der Waals surface area contributed by atoms with Crippen LogP contribution in [-0.2, 0) is 27.3 Å². The summed E-state index contributed by atoms with van der Waals surface area (Å²) >= 11 is 0. The fourth-order valence-corrected chi connectivity index (χ4v) is 2.55. The lowest BCUT2D eigenvalue weighted by Crippen LogP contribution is -2.35. The highest BCUT2D eigenvalue weighted by molar-refractivity contribution is 5.83. The molecule has 2 aromatic carbocycles. The second-order valence-electron chi connectivity index (χ2n) is 6.26. The van der Waals surface area contributed by atoms with Crippen molar-refractivity contribution in [1.82, 2.24) is 5.32 Å². The Labute approximate surface area is 154 Å². The molecular formula is C21H25NO4. The Bertz CT molecular complexity index is 785. The number of methoxy groups -OCH3 is 1. The Morgan fingerprint density at radius 3 is 2.50 bits per heavy atom. The van der Waals surface area contributed by atoms with E-state index in [0.717, 1.165) is 16.7 Å². The number of carbonyl (C=O) groups excluding carboxylic acids is 2. The van der Waals surface area contributed by atoms with Crippen LogP contribution in [0.2, 0.25) is 0 Å². The summed E-state index contributed by atoms with van der Waals surface area (Å²) in [6.07, 6.45) is -0.714. The van der Waals surface area contributed by atoms with E-state index in [4.69, 9.17) is 9.47 Å². The number of rotatable bonds is 7. The molecule has 0 saturated carbocycles. The quantitative estimate of drug-likeness (QED) is 0.775. The minimum atomic E-state index is -0.858. The van der Waals surface area contributed by atoms with Gasteiger partial charge in [0.25, 0.3) is 5.91 Å². The molecular weight excluding hydrogens is 330 g/mol. The van der Waals surface area contributed by atoms with E-state index in [0.29, 0.717) is 12.3 Å². The second-order valence-corrected chi connectivity index (χ2v) is 6.26. The molecule has 5 nitrogen and oxygen atoms in total. The maximum Gasteiger partial charge on any atom is 0.311 e. The average Bonchev–Trinajstić information content (AvgIpc) is 2.62. The van der Waals surface area contributed by atoms with Gasteiger partial charge in [0.1, 0.15) is 5.75 Å². The summed E-state index contributed by atoms with van der Waals surface area (Å²) in [6.45, 7) is 5.89. The number of ether oxygens (including phenoxy) is 2. The standard InChI is InChI=1S/C21H25NO4/c1-14-9-10-17(11-15(14)2)12-20(23)26-16(3)21(24)22-13-18-7-5-6-8-19(18)25-4/h5-11,16H,12-13H2,1-4H3,(H,22,24). The molecule has 138 valence electrons. The van der Waals surface area contributed by atoms with Gasteiger partial charge in [0.2, 0.25) is 0 Å². The van der Waals surface area contributed by atoms with Crippen LogP contribution in [0.5, 0.6) is 5.75 Å². The Balaban J connectivity index is 1.85. The maximum atomic E-state index is 12.2. The van der Waals surface area contributed by atoms with Crippen molar-refractivity contribution in [2.45, 2.75) is 39.8 Å². The summed E-state index contributed by atoms with van der Waals surface area (Å²) < 4.78 is 10.5. The Morgan fingerprint density at radius 2 is 1.81 bits per heavy atom. The average molecular weight is 355 g/mol. The summed E-state index contributed by atoms with van der Waals surface area (Å²) in [4.78, 5) is 24.2. The molecule has 5 heteroatoms. The van der Waals surface area contributed by atoms with Crippen LogP contribution in [0.3, 0.4) is 0 Å². The van der Waals surface area contributed by atoms with Gasteiger partial charge in [0.15, 0.2) is 6.10 Å². The molecule has 0 bridgehead atoms. The van der Waals surface area contributed by atoms with E-state index >= 15 is 0 Å². The number of carbonyl (C=O) groups is 2. The molecule has 1 amide bonds. The molecule has 1 atom stereocenters. The molecule has 2 rings (SSSR count). The van der Waals surface area contributed by atoms with Crippen LogP contribution in [0, 0.1) is 13.8 Å². The summed E-state index contributed by atoms with van der Waals surface area (Å²) in [5.74, 6) is -0.0651. The first-order valence-corrected chi connectivity index (χ1v) is 8.56. The van der Waals surface area contributed by atoms with Gasteiger partial charge in [0.05, 0.1) is 13.5 Å². The van der Waals surface area contributed by atoms with Crippen LogP contribution in [0.4, 0.5) is 0 Å². The summed E-state index contributed by atoms with van der Waals surface area (Å²) in [5.41, 5.74) is 4.03. The first kappa shape index (κ1) is 19.5. The van der Waals surface area contributed by atoms with Crippen LogP contribution < -0.4 is 10.1 Å². The third-order valence-electron chi connectivity index (χ3n) is 4.24. The SMILES string of the molecule is COc1ccccc1CNC(=O)C(C)OC(=O)Cc1ccc(C)c(C)c1. The molecule has 1 unspecified atom stereocenters. The van der Waals surface area contributed by atoms with Crippen molar-refractivity contribution in [3.05, 3.63) is 64.7 Å². The van der Waals surface area contributed by atoms with Crippen LogP contribution in [-0.4, -0.2) is 25.1 Å². The highest BCUT2D eigenvalue weighted by Gasteiger charge is 2.18. The molecule has 0 spiro atoms. The molecule has 0 aliphatic rings. The van der Waals surface area contributed by atoms with E-state index < -0.39 is 12.1 Å². The predicted molar refractivity (Wildman–Crippen MR) is 100 cm³/mol.